The molecule has 4 nitrogen and oxygen atoms in total. The van der Waals surface area contributed by atoms with Crippen LogP contribution >= 0.6 is 0 Å². The van der Waals surface area contributed by atoms with Crippen LogP contribution < -0.4 is 5.32 Å². The Balaban J connectivity index is 1.95. The molecule has 0 aromatic carbocycles. The molecule has 21 heavy (non-hydrogen) atoms. The molecule has 0 saturated carbocycles. The number of nitrogens with one attached hydrogen (secondary N) is 1. The van der Waals surface area contributed by atoms with E-state index in [4.69, 9.17) is 4.42 Å². The van der Waals surface area contributed by atoms with Crippen LogP contribution in [-0.4, -0.2) is 48.1 Å². The highest BCUT2D eigenvalue weighted by atomic mass is 16.3. The SMILES string of the molecule is Cc1oc(CN2CC(C)N(C)C(C)C2)cc1CNC(C)C. The van der Waals surface area contributed by atoms with E-state index in [9.17, 15) is 0 Å². The molecule has 120 valence electrons. The molecular formula is C17H31N3O. The van der Waals surface area contributed by atoms with Crippen molar-refractivity contribution in [3.63, 3.8) is 0 Å². The number of rotatable bonds is 5. The Morgan fingerprint density at radius 1 is 1.29 bits per heavy atom. The first kappa shape index (κ1) is 16.5. The van der Waals surface area contributed by atoms with E-state index < -0.39 is 0 Å². The number of aryl methyl sites for hydroxylation is 1. The maximum atomic E-state index is 5.95. The van der Waals surface area contributed by atoms with E-state index in [-0.39, 0.29) is 0 Å². The number of hydrogen-bond donors (Lipinski definition) is 1. The summed E-state index contributed by atoms with van der Waals surface area (Å²) in [6, 6.07) is 3.93. The van der Waals surface area contributed by atoms with Gasteiger partial charge in [-0.15, -0.1) is 0 Å². The van der Waals surface area contributed by atoms with Crippen molar-refractivity contribution >= 4 is 0 Å². The second kappa shape index (κ2) is 6.95. The number of hydrogen-bond acceptors (Lipinski definition) is 4. The second-order valence-electron chi connectivity index (χ2n) is 6.89. The highest BCUT2D eigenvalue weighted by Gasteiger charge is 2.27. The van der Waals surface area contributed by atoms with E-state index in [2.05, 4.69) is 62.8 Å². The van der Waals surface area contributed by atoms with Gasteiger partial charge in [0.2, 0.25) is 0 Å². The molecule has 0 radical (unpaired) electrons. The monoisotopic (exact) mass is 293 g/mol. The molecule has 2 atom stereocenters. The first-order chi connectivity index (χ1) is 9.86. The lowest BCUT2D eigenvalue weighted by atomic mass is 10.1. The standard InChI is InChI=1S/C17H31N3O/c1-12(2)18-8-16-7-17(21-15(16)5)11-20-9-13(3)19(6)14(4)10-20/h7,12-14,18H,8-11H2,1-6H3. The lowest BCUT2D eigenvalue weighted by Crippen LogP contribution is -2.54. The molecule has 2 rings (SSSR count). The van der Waals surface area contributed by atoms with Gasteiger partial charge < -0.3 is 9.73 Å². The molecule has 1 aliphatic heterocycles. The van der Waals surface area contributed by atoms with Gasteiger partial charge in [-0.05, 0) is 33.9 Å². The number of piperazine rings is 1. The molecule has 1 saturated heterocycles. The van der Waals surface area contributed by atoms with Crippen LogP contribution in [0.4, 0.5) is 0 Å². The van der Waals surface area contributed by atoms with E-state index in [1.165, 1.54) is 5.56 Å². The maximum absolute atomic E-state index is 5.95. The van der Waals surface area contributed by atoms with Crippen LogP contribution in [-0.2, 0) is 13.1 Å². The lowest BCUT2D eigenvalue weighted by molar-refractivity contribution is 0.0517. The third kappa shape index (κ3) is 4.31. The fourth-order valence-corrected chi connectivity index (χ4v) is 3.02. The van der Waals surface area contributed by atoms with Crippen molar-refractivity contribution in [2.45, 2.75) is 65.8 Å². The zero-order chi connectivity index (χ0) is 15.6. The van der Waals surface area contributed by atoms with E-state index in [0.29, 0.717) is 18.1 Å². The molecule has 1 aliphatic rings. The summed E-state index contributed by atoms with van der Waals surface area (Å²) >= 11 is 0. The zero-order valence-corrected chi connectivity index (χ0v) is 14.4. The maximum Gasteiger partial charge on any atom is 0.118 e. The van der Waals surface area contributed by atoms with Crippen LogP contribution in [0.5, 0.6) is 0 Å². The van der Waals surface area contributed by atoms with Gasteiger partial charge in [-0.25, -0.2) is 0 Å². The molecule has 1 aromatic heterocycles. The predicted octanol–water partition coefficient (Wildman–Crippen LogP) is 2.61. The first-order valence-electron chi connectivity index (χ1n) is 8.12. The smallest absolute Gasteiger partial charge is 0.118 e. The minimum absolute atomic E-state index is 0.502. The Kier molecular flexibility index (Phi) is 5.47. The zero-order valence-electron chi connectivity index (χ0n) is 14.4. The lowest BCUT2D eigenvalue weighted by Gasteiger charge is -2.42. The van der Waals surface area contributed by atoms with Crippen LogP contribution in [0.15, 0.2) is 10.5 Å². The topological polar surface area (TPSA) is 31.7 Å². The molecular weight excluding hydrogens is 262 g/mol. The average Bonchev–Trinajstić information content (AvgIpc) is 2.73. The van der Waals surface area contributed by atoms with Gasteiger partial charge in [0.1, 0.15) is 11.5 Å². The van der Waals surface area contributed by atoms with E-state index in [1.807, 2.05) is 0 Å². The molecule has 0 aliphatic carbocycles. The predicted molar refractivity (Wildman–Crippen MR) is 87.4 cm³/mol. The number of nitrogens with zero attached hydrogens (tertiary/aromatic N) is 2. The Labute approximate surface area is 129 Å². The molecule has 2 heterocycles. The Bertz CT molecular complexity index is 443. The van der Waals surface area contributed by atoms with Crippen molar-refractivity contribution < 1.29 is 4.42 Å². The van der Waals surface area contributed by atoms with E-state index in [1.54, 1.807) is 0 Å². The van der Waals surface area contributed by atoms with E-state index in [0.717, 1.165) is 37.7 Å². The van der Waals surface area contributed by atoms with Crippen LogP contribution in [0, 0.1) is 6.92 Å². The normalized spacial score (nSPS) is 24.9. The van der Waals surface area contributed by atoms with Gasteiger partial charge in [-0.3, -0.25) is 9.80 Å². The van der Waals surface area contributed by atoms with Gasteiger partial charge in [0, 0.05) is 43.3 Å². The minimum atomic E-state index is 0.502. The molecule has 0 amide bonds. The van der Waals surface area contributed by atoms with Crippen LogP contribution in [0.3, 0.4) is 0 Å². The largest absolute Gasteiger partial charge is 0.465 e. The van der Waals surface area contributed by atoms with E-state index >= 15 is 0 Å². The highest BCUT2D eigenvalue weighted by Crippen LogP contribution is 2.20. The van der Waals surface area contributed by atoms with Crippen LogP contribution in [0.1, 0.15) is 44.8 Å². The third-order valence-electron chi connectivity index (χ3n) is 4.59. The summed E-state index contributed by atoms with van der Waals surface area (Å²) in [5.74, 6) is 2.14. The number of furan rings is 1. The van der Waals surface area contributed by atoms with Crippen LogP contribution in [0.25, 0.3) is 0 Å². The quantitative estimate of drug-likeness (QED) is 0.904. The van der Waals surface area contributed by atoms with Crippen molar-refractivity contribution in [2.75, 3.05) is 20.1 Å². The van der Waals surface area contributed by atoms with Crippen molar-refractivity contribution in [1.82, 2.24) is 15.1 Å². The summed E-state index contributed by atoms with van der Waals surface area (Å²) < 4.78 is 5.95. The van der Waals surface area contributed by atoms with Gasteiger partial charge >= 0.3 is 0 Å². The summed E-state index contributed by atoms with van der Waals surface area (Å²) in [7, 11) is 2.22. The van der Waals surface area contributed by atoms with Crippen molar-refractivity contribution in [3.8, 4) is 0 Å². The first-order valence-corrected chi connectivity index (χ1v) is 8.12. The summed E-state index contributed by atoms with van der Waals surface area (Å²) in [5.41, 5.74) is 1.29. The van der Waals surface area contributed by atoms with Crippen molar-refractivity contribution in [3.05, 3.63) is 23.2 Å². The highest BCUT2D eigenvalue weighted by molar-refractivity contribution is 5.20. The summed E-state index contributed by atoms with van der Waals surface area (Å²) in [4.78, 5) is 4.97. The average molecular weight is 293 g/mol. The fourth-order valence-electron chi connectivity index (χ4n) is 3.02. The number of likely N-dealkylation sites (N-methyl/N-ethyl adjacent to an activating group) is 1. The summed E-state index contributed by atoms with van der Waals surface area (Å²) in [5, 5.41) is 3.46. The summed E-state index contributed by atoms with van der Waals surface area (Å²) in [6.45, 7) is 15.0. The van der Waals surface area contributed by atoms with Gasteiger partial charge in [0.15, 0.2) is 0 Å². The molecule has 1 fully saturated rings. The molecule has 2 unspecified atom stereocenters. The van der Waals surface area contributed by atoms with Gasteiger partial charge in [-0.1, -0.05) is 13.8 Å². The van der Waals surface area contributed by atoms with Gasteiger partial charge in [0.05, 0.1) is 6.54 Å². The Morgan fingerprint density at radius 3 is 2.48 bits per heavy atom. The molecule has 1 N–H and O–H groups in total. The van der Waals surface area contributed by atoms with Crippen molar-refractivity contribution in [2.24, 2.45) is 0 Å². The molecule has 4 heteroatoms. The Hall–Kier alpha value is -0.840. The van der Waals surface area contributed by atoms with Crippen molar-refractivity contribution in [1.29, 1.82) is 0 Å². The minimum Gasteiger partial charge on any atom is -0.465 e. The van der Waals surface area contributed by atoms with Crippen LogP contribution in [0.2, 0.25) is 0 Å². The molecule has 0 spiro atoms. The fraction of sp³-hybridized carbons (Fsp3) is 0.765. The van der Waals surface area contributed by atoms with Gasteiger partial charge in [-0.2, -0.15) is 0 Å². The molecule has 0 bridgehead atoms. The second-order valence-corrected chi connectivity index (χ2v) is 6.89. The Morgan fingerprint density at radius 2 is 1.90 bits per heavy atom. The third-order valence-corrected chi connectivity index (χ3v) is 4.59. The van der Waals surface area contributed by atoms with Gasteiger partial charge in [0.25, 0.3) is 0 Å². The summed E-state index contributed by atoms with van der Waals surface area (Å²) in [6.07, 6.45) is 0. The molecule has 1 aromatic rings.